The Bertz CT molecular complexity index is 134. The third kappa shape index (κ3) is 3.83. The van der Waals surface area contributed by atoms with Crippen molar-refractivity contribution in [1.29, 1.82) is 0 Å². The van der Waals surface area contributed by atoms with Crippen molar-refractivity contribution in [2.75, 3.05) is 0 Å². The molecule has 0 spiro atoms. The summed E-state index contributed by atoms with van der Waals surface area (Å²) in [6.45, 7) is 4.00. The van der Waals surface area contributed by atoms with Gasteiger partial charge in [-0.25, -0.2) is 0 Å². The molecule has 0 saturated heterocycles. The second-order valence-electron chi connectivity index (χ2n) is 1.41. The van der Waals surface area contributed by atoms with Gasteiger partial charge in [0.2, 0.25) is 0 Å². The first-order chi connectivity index (χ1) is 4.39. The van der Waals surface area contributed by atoms with E-state index >= 15 is 0 Å². The van der Waals surface area contributed by atoms with Crippen LogP contribution in [-0.4, -0.2) is 7.85 Å². The minimum Gasteiger partial charge on any atom is -0.0967 e. The van der Waals surface area contributed by atoms with Crippen molar-refractivity contribution in [3.05, 3.63) is 30.3 Å². The first-order valence-corrected chi connectivity index (χ1v) is 3.20. The lowest BCUT2D eigenvalue weighted by molar-refractivity contribution is 1.50. The summed E-state index contributed by atoms with van der Waals surface area (Å²) in [4.78, 5) is 0. The molecular formula is C8H11B. The summed E-state index contributed by atoms with van der Waals surface area (Å²) >= 11 is 0. The Morgan fingerprint density at radius 3 is 1.67 bits per heavy atom. The largest absolute Gasteiger partial charge is 0.113 e. The number of hydrogen-bond acceptors (Lipinski definition) is 0. The Kier molecular flexibility index (Phi) is 4.99. The average Bonchev–Trinajstić information content (AvgIpc) is 1.94. The van der Waals surface area contributed by atoms with Crippen molar-refractivity contribution >= 4 is 13.3 Å². The maximum Gasteiger partial charge on any atom is 0.113 e. The van der Waals surface area contributed by atoms with Crippen LogP contribution >= 0.6 is 0 Å². The van der Waals surface area contributed by atoms with Gasteiger partial charge in [-0.1, -0.05) is 49.6 Å². The molecule has 0 bridgehead atoms. The summed E-state index contributed by atoms with van der Waals surface area (Å²) in [5.74, 6) is 0. The van der Waals surface area contributed by atoms with E-state index in [0.29, 0.717) is 0 Å². The molecule has 0 amide bonds. The van der Waals surface area contributed by atoms with E-state index in [1.165, 1.54) is 0 Å². The Balaban J connectivity index is 0.000000291. The van der Waals surface area contributed by atoms with Crippen LogP contribution in [0.5, 0.6) is 0 Å². The molecule has 0 unspecified atom stereocenters. The molecule has 0 aliphatic rings. The van der Waals surface area contributed by atoms with Crippen molar-refractivity contribution in [1.82, 2.24) is 0 Å². The molecule has 1 heteroatoms. The van der Waals surface area contributed by atoms with Crippen molar-refractivity contribution in [3.8, 4) is 0 Å². The highest BCUT2D eigenvalue weighted by molar-refractivity contribution is 6.32. The zero-order valence-electron chi connectivity index (χ0n) is 5.96. The lowest BCUT2D eigenvalue weighted by Crippen LogP contribution is -1.97. The van der Waals surface area contributed by atoms with Gasteiger partial charge in [0, 0.05) is 0 Å². The van der Waals surface area contributed by atoms with Crippen LogP contribution in [-0.2, 0) is 0 Å². The minimum atomic E-state index is 0.822. The summed E-state index contributed by atoms with van der Waals surface area (Å²) < 4.78 is 0. The number of rotatable bonds is 0. The van der Waals surface area contributed by atoms with Crippen LogP contribution in [0.4, 0.5) is 0 Å². The van der Waals surface area contributed by atoms with E-state index in [-0.39, 0.29) is 0 Å². The van der Waals surface area contributed by atoms with Gasteiger partial charge in [0.1, 0.15) is 7.85 Å². The van der Waals surface area contributed by atoms with Crippen LogP contribution in [0.1, 0.15) is 13.8 Å². The lowest BCUT2D eigenvalue weighted by atomic mass is 9.97. The van der Waals surface area contributed by atoms with E-state index in [1.54, 1.807) is 0 Å². The first kappa shape index (κ1) is 8.28. The van der Waals surface area contributed by atoms with E-state index in [0.717, 1.165) is 5.46 Å². The topological polar surface area (TPSA) is 0 Å². The van der Waals surface area contributed by atoms with Crippen LogP contribution in [0.3, 0.4) is 0 Å². The molecule has 1 rings (SSSR count). The standard InChI is InChI=1S/C6H5B.C2H6/c7-6-4-2-1-3-5-6;1-2/h1-5H;1-2H3. The molecular weight excluding hydrogens is 107 g/mol. The third-order valence-electron chi connectivity index (χ3n) is 0.800. The second kappa shape index (κ2) is 5.42. The summed E-state index contributed by atoms with van der Waals surface area (Å²) in [5, 5.41) is 0. The van der Waals surface area contributed by atoms with E-state index in [9.17, 15) is 0 Å². The average molecular weight is 118 g/mol. The first-order valence-electron chi connectivity index (χ1n) is 3.20. The molecule has 1 aromatic rings. The highest BCUT2D eigenvalue weighted by atomic mass is 13.7. The van der Waals surface area contributed by atoms with Gasteiger partial charge in [0.25, 0.3) is 0 Å². The fourth-order valence-corrected chi connectivity index (χ4v) is 0.453. The van der Waals surface area contributed by atoms with Gasteiger partial charge in [-0.15, -0.1) is 0 Å². The summed E-state index contributed by atoms with van der Waals surface area (Å²) in [6.07, 6.45) is 0. The predicted octanol–water partition coefficient (Wildman–Crippen LogP) is 1.51. The predicted molar refractivity (Wildman–Crippen MR) is 43.2 cm³/mol. The van der Waals surface area contributed by atoms with Gasteiger partial charge in [-0.3, -0.25) is 0 Å². The van der Waals surface area contributed by atoms with E-state index in [4.69, 9.17) is 7.85 Å². The Hall–Kier alpha value is -0.715. The fourth-order valence-electron chi connectivity index (χ4n) is 0.453. The molecule has 0 heterocycles. The van der Waals surface area contributed by atoms with Gasteiger partial charge in [-0.2, -0.15) is 0 Å². The van der Waals surface area contributed by atoms with Crippen LogP contribution in [0.2, 0.25) is 0 Å². The van der Waals surface area contributed by atoms with Crippen molar-refractivity contribution in [3.63, 3.8) is 0 Å². The Morgan fingerprint density at radius 2 is 1.44 bits per heavy atom. The molecule has 0 N–H and O–H groups in total. The third-order valence-corrected chi connectivity index (χ3v) is 0.800. The Morgan fingerprint density at radius 1 is 1.00 bits per heavy atom. The smallest absolute Gasteiger partial charge is 0.0967 e. The maximum absolute atomic E-state index is 5.36. The van der Waals surface area contributed by atoms with Crippen LogP contribution in [0, 0.1) is 0 Å². The molecule has 1 aromatic carbocycles. The zero-order chi connectivity index (χ0) is 7.11. The molecule has 0 aliphatic carbocycles. The maximum atomic E-state index is 5.36. The van der Waals surface area contributed by atoms with E-state index in [2.05, 4.69) is 0 Å². The Labute approximate surface area is 58.3 Å². The summed E-state index contributed by atoms with van der Waals surface area (Å²) in [6, 6.07) is 9.49. The van der Waals surface area contributed by atoms with Crippen LogP contribution in [0.15, 0.2) is 30.3 Å². The molecule has 0 atom stereocenters. The van der Waals surface area contributed by atoms with Crippen molar-refractivity contribution in [2.45, 2.75) is 13.8 Å². The molecule has 0 nitrogen and oxygen atoms in total. The molecule has 0 aromatic heterocycles. The number of hydrogen-bond donors (Lipinski definition) is 0. The molecule has 0 fully saturated rings. The van der Waals surface area contributed by atoms with Crippen molar-refractivity contribution < 1.29 is 0 Å². The zero-order valence-corrected chi connectivity index (χ0v) is 5.96. The normalized spacial score (nSPS) is 7.33. The highest BCUT2D eigenvalue weighted by Crippen LogP contribution is 1.76. The second-order valence-corrected chi connectivity index (χ2v) is 1.41. The van der Waals surface area contributed by atoms with E-state index < -0.39 is 0 Å². The monoisotopic (exact) mass is 118 g/mol. The molecule has 46 valence electrons. The summed E-state index contributed by atoms with van der Waals surface area (Å²) in [5.41, 5.74) is 0.822. The molecule has 2 radical (unpaired) electrons. The molecule has 0 aliphatic heterocycles. The fraction of sp³-hybridized carbons (Fsp3) is 0.250. The van der Waals surface area contributed by atoms with Gasteiger partial charge < -0.3 is 0 Å². The van der Waals surface area contributed by atoms with Gasteiger partial charge >= 0.3 is 0 Å². The van der Waals surface area contributed by atoms with Crippen molar-refractivity contribution in [2.24, 2.45) is 0 Å². The quantitative estimate of drug-likeness (QED) is 0.453. The van der Waals surface area contributed by atoms with Crippen LogP contribution in [0.25, 0.3) is 0 Å². The molecule has 0 saturated carbocycles. The summed E-state index contributed by atoms with van der Waals surface area (Å²) in [7, 11) is 5.36. The van der Waals surface area contributed by atoms with Gasteiger partial charge in [0.05, 0.1) is 0 Å². The number of benzene rings is 1. The van der Waals surface area contributed by atoms with Gasteiger partial charge in [0.15, 0.2) is 0 Å². The lowest BCUT2D eigenvalue weighted by Gasteiger charge is -1.83. The van der Waals surface area contributed by atoms with Gasteiger partial charge in [-0.05, 0) is 0 Å². The minimum absolute atomic E-state index is 0.822. The SMILES string of the molecule is CC.[B]c1ccccc1. The van der Waals surface area contributed by atoms with Crippen LogP contribution < -0.4 is 5.46 Å². The highest BCUT2D eigenvalue weighted by Gasteiger charge is 1.71. The molecule has 9 heavy (non-hydrogen) atoms. The van der Waals surface area contributed by atoms with E-state index in [1.807, 2.05) is 44.2 Å².